The second kappa shape index (κ2) is 6.85. The number of amides is 2. The Morgan fingerprint density at radius 1 is 1.38 bits per heavy atom. The van der Waals surface area contributed by atoms with Crippen LogP contribution in [0.1, 0.15) is 17.3 Å². The molecule has 0 radical (unpaired) electrons. The number of carboxylic acid groups (broad SMARTS) is 1. The number of hydrogen-bond donors (Lipinski definition) is 2. The zero-order chi connectivity index (χ0) is 15.2. The van der Waals surface area contributed by atoms with Crippen molar-refractivity contribution in [1.29, 1.82) is 0 Å². The molecule has 7 heteroatoms. The largest absolute Gasteiger partial charge is 0.479 e. The Morgan fingerprint density at radius 2 is 2.10 bits per heavy atom. The van der Waals surface area contributed by atoms with Crippen LogP contribution < -0.4 is 5.32 Å². The average Bonchev–Trinajstić information content (AvgIpc) is 2.98. The third-order valence-corrected chi connectivity index (χ3v) is 3.51. The number of carbonyl (C=O) groups is 2. The van der Waals surface area contributed by atoms with E-state index in [1.807, 2.05) is 5.38 Å². The van der Waals surface area contributed by atoms with Crippen molar-refractivity contribution in [3.63, 3.8) is 0 Å². The second-order valence-corrected chi connectivity index (χ2v) is 5.19. The highest BCUT2D eigenvalue weighted by Gasteiger charge is 2.23. The van der Waals surface area contributed by atoms with Gasteiger partial charge < -0.3 is 15.3 Å². The Balaban J connectivity index is 2.03. The van der Waals surface area contributed by atoms with Crippen molar-refractivity contribution in [2.45, 2.75) is 12.6 Å². The SMILES string of the molecule is CN(Cc1cscn1)C(=O)N[C@H](C(=O)O)c1ccccc1. The van der Waals surface area contributed by atoms with Crippen molar-refractivity contribution in [1.82, 2.24) is 15.2 Å². The van der Waals surface area contributed by atoms with Crippen LogP contribution in [-0.4, -0.2) is 34.0 Å². The van der Waals surface area contributed by atoms with Crippen molar-refractivity contribution in [3.05, 3.63) is 52.5 Å². The topological polar surface area (TPSA) is 82.5 Å². The molecule has 0 bridgehead atoms. The zero-order valence-electron chi connectivity index (χ0n) is 11.4. The van der Waals surface area contributed by atoms with Gasteiger partial charge in [0.2, 0.25) is 0 Å². The van der Waals surface area contributed by atoms with Crippen LogP contribution in [0.2, 0.25) is 0 Å². The predicted molar refractivity (Wildman–Crippen MR) is 78.9 cm³/mol. The van der Waals surface area contributed by atoms with Crippen LogP contribution in [-0.2, 0) is 11.3 Å². The number of nitrogens with one attached hydrogen (secondary N) is 1. The highest BCUT2D eigenvalue weighted by molar-refractivity contribution is 7.07. The molecule has 6 nitrogen and oxygen atoms in total. The Morgan fingerprint density at radius 3 is 2.67 bits per heavy atom. The highest BCUT2D eigenvalue weighted by Crippen LogP contribution is 2.13. The fourth-order valence-corrected chi connectivity index (χ4v) is 2.35. The molecule has 1 aromatic heterocycles. The molecule has 0 fully saturated rings. The van der Waals surface area contributed by atoms with E-state index in [0.717, 1.165) is 5.69 Å². The van der Waals surface area contributed by atoms with Crippen LogP contribution in [0.15, 0.2) is 41.2 Å². The maximum atomic E-state index is 12.1. The van der Waals surface area contributed by atoms with Gasteiger partial charge in [0.05, 0.1) is 17.7 Å². The molecule has 0 spiro atoms. The number of aliphatic carboxylic acids is 1. The third-order valence-electron chi connectivity index (χ3n) is 2.88. The van der Waals surface area contributed by atoms with E-state index in [4.69, 9.17) is 0 Å². The molecular weight excluding hydrogens is 290 g/mol. The van der Waals surface area contributed by atoms with Crippen LogP contribution in [0, 0.1) is 0 Å². The lowest BCUT2D eigenvalue weighted by Gasteiger charge is -2.21. The van der Waals surface area contributed by atoms with Crippen LogP contribution in [0.4, 0.5) is 4.79 Å². The van der Waals surface area contributed by atoms with Gasteiger partial charge in [-0.2, -0.15) is 0 Å². The Labute approximate surface area is 126 Å². The van der Waals surface area contributed by atoms with E-state index in [9.17, 15) is 14.7 Å². The summed E-state index contributed by atoms with van der Waals surface area (Å²) < 4.78 is 0. The summed E-state index contributed by atoms with van der Waals surface area (Å²) in [7, 11) is 1.60. The molecule has 21 heavy (non-hydrogen) atoms. The van der Waals surface area contributed by atoms with E-state index < -0.39 is 18.0 Å². The molecule has 2 aromatic rings. The first kappa shape index (κ1) is 15.0. The minimum absolute atomic E-state index is 0.330. The van der Waals surface area contributed by atoms with Crippen molar-refractivity contribution in [2.75, 3.05) is 7.05 Å². The summed E-state index contributed by atoms with van der Waals surface area (Å²) in [6.07, 6.45) is 0. The number of carbonyl (C=O) groups excluding carboxylic acids is 1. The van der Waals surface area contributed by atoms with Crippen LogP contribution >= 0.6 is 11.3 Å². The quantitative estimate of drug-likeness (QED) is 0.886. The van der Waals surface area contributed by atoms with Crippen molar-refractivity contribution >= 4 is 23.3 Å². The fourth-order valence-electron chi connectivity index (χ4n) is 1.80. The number of thiazole rings is 1. The van der Waals surface area contributed by atoms with Gasteiger partial charge in [0.25, 0.3) is 0 Å². The summed E-state index contributed by atoms with van der Waals surface area (Å²) in [5.74, 6) is -1.10. The predicted octanol–water partition coefficient (Wildman–Crippen LogP) is 2.11. The number of nitrogens with zero attached hydrogens (tertiary/aromatic N) is 2. The number of hydrogen-bond acceptors (Lipinski definition) is 4. The minimum atomic E-state index is -1.10. The maximum Gasteiger partial charge on any atom is 0.330 e. The van der Waals surface area contributed by atoms with Crippen molar-refractivity contribution in [3.8, 4) is 0 Å². The molecule has 1 aromatic carbocycles. The van der Waals surface area contributed by atoms with Gasteiger partial charge in [-0.15, -0.1) is 11.3 Å². The minimum Gasteiger partial charge on any atom is -0.479 e. The van der Waals surface area contributed by atoms with E-state index in [1.165, 1.54) is 16.2 Å². The molecule has 110 valence electrons. The van der Waals surface area contributed by atoms with E-state index in [1.54, 1.807) is 42.9 Å². The smallest absolute Gasteiger partial charge is 0.330 e. The maximum absolute atomic E-state index is 12.1. The summed E-state index contributed by atoms with van der Waals surface area (Å²) in [6.45, 7) is 0.330. The summed E-state index contributed by atoms with van der Waals surface area (Å²) in [4.78, 5) is 28.9. The van der Waals surface area contributed by atoms with Gasteiger partial charge >= 0.3 is 12.0 Å². The fraction of sp³-hybridized carbons (Fsp3) is 0.214. The van der Waals surface area contributed by atoms with Crippen LogP contribution in [0.25, 0.3) is 0 Å². The standard InChI is InChI=1S/C14H15N3O3S/c1-17(7-11-8-21-9-15-11)14(20)16-12(13(18)19)10-5-3-2-4-6-10/h2-6,8-9,12H,7H2,1H3,(H,16,20)(H,18,19)/t12-/m0/s1. The van der Waals surface area contributed by atoms with Gasteiger partial charge in [0.1, 0.15) is 0 Å². The first-order chi connectivity index (χ1) is 10.1. The molecular formula is C14H15N3O3S. The Hall–Kier alpha value is -2.41. The third kappa shape index (κ3) is 4.03. The van der Waals surface area contributed by atoms with Crippen LogP contribution in [0.5, 0.6) is 0 Å². The molecule has 0 saturated heterocycles. The summed E-state index contributed by atoms with van der Waals surface area (Å²) >= 11 is 1.45. The molecule has 0 saturated carbocycles. The summed E-state index contributed by atoms with van der Waals surface area (Å²) in [6, 6.07) is 7.06. The van der Waals surface area contributed by atoms with Gasteiger partial charge in [-0.05, 0) is 5.56 Å². The molecule has 0 aliphatic heterocycles. The van der Waals surface area contributed by atoms with Crippen molar-refractivity contribution < 1.29 is 14.7 Å². The number of benzene rings is 1. The molecule has 2 amide bonds. The van der Waals surface area contributed by atoms with Gasteiger partial charge in [0, 0.05) is 12.4 Å². The lowest BCUT2D eigenvalue weighted by molar-refractivity contribution is -0.139. The first-order valence-electron chi connectivity index (χ1n) is 6.24. The van der Waals surface area contributed by atoms with Crippen LogP contribution in [0.3, 0.4) is 0 Å². The molecule has 1 heterocycles. The lowest BCUT2D eigenvalue weighted by atomic mass is 10.1. The number of carboxylic acids is 1. The molecule has 2 N–H and O–H groups in total. The molecule has 0 unspecified atom stereocenters. The van der Waals surface area contributed by atoms with E-state index >= 15 is 0 Å². The monoisotopic (exact) mass is 305 g/mol. The van der Waals surface area contributed by atoms with E-state index in [0.29, 0.717) is 12.1 Å². The lowest BCUT2D eigenvalue weighted by Crippen LogP contribution is -2.41. The highest BCUT2D eigenvalue weighted by atomic mass is 32.1. The van der Waals surface area contributed by atoms with Gasteiger partial charge in [-0.3, -0.25) is 0 Å². The summed E-state index contributed by atoms with van der Waals surface area (Å²) in [5, 5.41) is 13.6. The van der Waals surface area contributed by atoms with E-state index in [2.05, 4.69) is 10.3 Å². The summed E-state index contributed by atoms with van der Waals surface area (Å²) in [5.41, 5.74) is 2.98. The molecule has 1 atom stereocenters. The number of urea groups is 1. The molecule has 0 aliphatic rings. The molecule has 0 aliphatic carbocycles. The number of aromatic nitrogens is 1. The zero-order valence-corrected chi connectivity index (χ0v) is 12.2. The first-order valence-corrected chi connectivity index (χ1v) is 7.18. The van der Waals surface area contributed by atoms with Crippen molar-refractivity contribution in [2.24, 2.45) is 0 Å². The molecule has 2 rings (SSSR count). The van der Waals surface area contributed by atoms with E-state index in [-0.39, 0.29) is 0 Å². The second-order valence-electron chi connectivity index (χ2n) is 4.47. The van der Waals surface area contributed by atoms with Gasteiger partial charge in [-0.1, -0.05) is 30.3 Å². The average molecular weight is 305 g/mol. The normalized spacial score (nSPS) is 11.7. The number of rotatable bonds is 5. The Bertz CT molecular complexity index is 601. The van der Waals surface area contributed by atoms with Gasteiger partial charge in [-0.25, -0.2) is 14.6 Å². The van der Waals surface area contributed by atoms with Gasteiger partial charge in [0.15, 0.2) is 6.04 Å². The Kier molecular flexibility index (Phi) is 4.89.